The van der Waals surface area contributed by atoms with E-state index in [0.29, 0.717) is 5.02 Å². The molecule has 3 aromatic rings. The molecule has 0 bridgehead atoms. The van der Waals surface area contributed by atoms with E-state index in [4.69, 9.17) is 11.6 Å². The molecule has 0 amide bonds. The molecular formula is C18H18ClN3OS. The van der Waals surface area contributed by atoms with E-state index in [1.165, 1.54) is 11.8 Å². The van der Waals surface area contributed by atoms with E-state index in [0.717, 1.165) is 33.2 Å². The van der Waals surface area contributed by atoms with Gasteiger partial charge in [0.05, 0.1) is 10.9 Å². The van der Waals surface area contributed by atoms with Gasteiger partial charge in [-0.25, -0.2) is 9.50 Å². The highest BCUT2D eigenvalue weighted by atomic mass is 35.5. The van der Waals surface area contributed by atoms with Crippen LogP contribution in [0.3, 0.4) is 0 Å². The molecule has 0 N–H and O–H groups in total. The van der Waals surface area contributed by atoms with Crippen molar-refractivity contribution < 1.29 is 4.79 Å². The maximum absolute atomic E-state index is 11.6. The Bertz CT molecular complexity index is 918. The summed E-state index contributed by atoms with van der Waals surface area (Å²) >= 11 is 7.50. The van der Waals surface area contributed by atoms with Gasteiger partial charge in [0.25, 0.3) is 0 Å². The first kappa shape index (κ1) is 17.0. The summed E-state index contributed by atoms with van der Waals surface area (Å²) in [5.41, 5.74) is 4.62. The number of hydrogen-bond donors (Lipinski definition) is 0. The summed E-state index contributed by atoms with van der Waals surface area (Å²) in [6.07, 6.45) is 0. The van der Waals surface area contributed by atoms with Gasteiger partial charge in [-0.15, -0.1) is 0 Å². The summed E-state index contributed by atoms with van der Waals surface area (Å²) in [6.45, 7) is 7.44. The summed E-state index contributed by atoms with van der Waals surface area (Å²) in [6, 6.07) is 9.64. The van der Waals surface area contributed by atoms with E-state index in [9.17, 15) is 4.79 Å². The van der Waals surface area contributed by atoms with Crippen molar-refractivity contribution in [3.63, 3.8) is 0 Å². The van der Waals surface area contributed by atoms with Crippen LogP contribution in [0.15, 0.2) is 35.4 Å². The SMILES string of the molecule is CC(=O)C(C)Sc1cc(C)nc2c(-c3ccc(Cl)cc3)c(C)nn12. The maximum atomic E-state index is 11.6. The van der Waals surface area contributed by atoms with Crippen LogP contribution in [-0.4, -0.2) is 25.6 Å². The molecule has 0 saturated carbocycles. The second-order valence-electron chi connectivity index (χ2n) is 5.81. The highest BCUT2D eigenvalue weighted by Crippen LogP contribution is 2.32. The van der Waals surface area contributed by atoms with Gasteiger partial charge in [-0.3, -0.25) is 4.79 Å². The Hall–Kier alpha value is -1.85. The molecule has 0 aliphatic carbocycles. The Labute approximate surface area is 150 Å². The van der Waals surface area contributed by atoms with Crippen molar-refractivity contribution in [3.05, 3.63) is 46.7 Å². The zero-order valence-electron chi connectivity index (χ0n) is 14.0. The lowest BCUT2D eigenvalue weighted by Crippen LogP contribution is -2.10. The molecule has 0 fully saturated rings. The number of carbonyl (C=O) groups excluding carboxylic acids is 1. The van der Waals surface area contributed by atoms with E-state index < -0.39 is 0 Å². The van der Waals surface area contributed by atoms with Crippen LogP contribution >= 0.6 is 23.4 Å². The van der Waals surface area contributed by atoms with Gasteiger partial charge in [-0.05, 0) is 51.5 Å². The molecule has 0 spiro atoms. The van der Waals surface area contributed by atoms with Crippen molar-refractivity contribution in [1.29, 1.82) is 0 Å². The molecule has 1 aromatic carbocycles. The number of hydrogen-bond acceptors (Lipinski definition) is 4. The van der Waals surface area contributed by atoms with Crippen LogP contribution in [0.4, 0.5) is 0 Å². The van der Waals surface area contributed by atoms with Crippen molar-refractivity contribution >= 4 is 34.8 Å². The number of fused-ring (bicyclic) bond motifs is 1. The Morgan fingerprint density at radius 2 is 1.92 bits per heavy atom. The largest absolute Gasteiger partial charge is 0.299 e. The second kappa shape index (κ2) is 6.57. The summed E-state index contributed by atoms with van der Waals surface area (Å²) < 4.78 is 1.83. The fourth-order valence-corrected chi connectivity index (χ4v) is 3.63. The Morgan fingerprint density at radius 1 is 1.25 bits per heavy atom. The maximum Gasteiger partial charge on any atom is 0.164 e. The number of halogens is 1. The number of thioether (sulfide) groups is 1. The van der Waals surface area contributed by atoms with Crippen molar-refractivity contribution in [2.24, 2.45) is 0 Å². The van der Waals surface area contributed by atoms with E-state index in [1.54, 1.807) is 6.92 Å². The predicted octanol–water partition coefficient (Wildman–Crippen LogP) is 4.74. The third-order valence-corrected chi connectivity index (χ3v) is 5.33. The number of aromatic nitrogens is 3. The van der Waals surface area contributed by atoms with E-state index in [-0.39, 0.29) is 11.0 Å². The summed E-state index contributed by atoms with van der Waals surface area (Å²) in [5.74, 6) is 0.143. The Morgan fingerprint density at radius 3 is 2.54 bits per heavy atom. The number of nitrogens with zero attached hydrogens (tertiary/aromatic N) is 3. The molecule has 2 aromatic heterocycles. The quantitative estimate of drug-likeness (QED) is 0.498. The molecule has 4 nitrogen and oxygen atoms in total. The predicted molar refractivity (Wildman–Crippen MR) is 98.9 cm³/mol. The number of Topliss-reactive ketones (excluding diaryl/α,β-unsaturated/α-hetero) is 1. The van der Waals surface area contributed by atoms with Crippen molar-refractivity contribution in [3.8, 4) is 11.1 Å². The van der Waals surface area contributed by atoms with Crippen molar-refractivity contribution in [1.82, 2.24) is 14.6 Å². The molecule has 0 saturated heterocycles. The Kier molecular flexibility index (Phi) is 4.65. The van der Waals surface area contributed by atoms with Gasteiger partial charge >= 0.3 is 0 Å². The Balaban J connectivity index is 2.19. The minimum absolute atomic E-state index is 0.126. The molecule has 0 radical (unpaired) electrons. The molecular weight excluding hydrogens is 342 g/mol. The lowest BCUT2D eigenvalue weighted by molar-refractivity contribution is -0.116. The highest BCUT2D eigenvalue weighted by molar-refractivity contribution is 8.00. The molecule has 6 heteroatoms. The van der Waals surface area contributed by atoms with Crippen LogP contribution in [0.1, 0.15) is 25.2 Å². The van der Waals surface area contributed by atoms with Crippen LogP contribution in [0.25, 0.3) is 16.8 Å². The van der Waals surface area contributed by atoms with Crippen molar-refractivity contribution in [2.45, 2.75) is 38.0 Å². The third kappa shape index (κ3) is 3.19. The molecule has 1 unspecified atom stereocenters. The summed E-state index contributed by atoms with van der Waals surface area (Å²) in [7, 11) is 0. The summed E-state index contributed by atoms with van der Waals surface area (Å²) in [5, 5.41) is 6.15. The average molecular weight is 360 g/mol. The molecule has 1 atom stereocenters. The van der Waals surface area contributed by atoms with Gasteiger partial charge < -0.3 is 0 Å². The summed E-state index contributed by atoms with van der Waals surface area (Å²) in [4.78, 5) is 16.3. The van der Waals surface area contributed by atoms with E-state index >= 15 is 0 Å². The van der Waals surface area contributed by atoms with Gasteiger partial charge in [0.2, 0.25) is 0 Å². The minimum atomic E-state index is -0.126. The normalized spacial score (nSPS) is 12.5. The lowest BCUT2D eigenvalue weighted by Gasteiger charge is -2.10. The number of ketones is 1. The third-order valence-electron chi connectivity index (χ3n) is 3.86. The first-order valence-electron chi connectivity index (χ1n) is 7.67. The molecule has 0 aliphatic rings. The lowest BCUT2D eigenvalue weighted by atomic mass is 10.1. The highest BCUT2D eigenvalue weighted by Gasteiger charge is 2.18. The van der Waals surface area contributed by atoms with Crippen LogP contribution < -0.4 is 0 Å². The standard InChI is InChI=1S/C18H18ClN3OS/c1-10-9-16(24-13(4)12(3)23)22-18(20-10)17(11(2)21-22)14-5-7-15(19)8-6-14/h5-9,13H,1-4H3. The van der Waals surface area contributed by atoms with Gasteiger partial charge in [-0.1, -0.05) is 35.5 Å². The fraction of sp³-hybridized carbons (Fsp3) is 0.278. The molecule has 24 heavy (non-hydrogen) atoms. The topological polar surface area (TPSA) is 47.3 Å². The zero-order valence-corrected chi connectivity index (χ0v) is 15.6. The van der Waals surface area contributed by atoms with Crippen LogP contribution in [-0.2, 0) is 4.79 Å². The second-order valence-corrected chi connectivity index (χ2v) is 7.61. The van der Waals surface area contributed by atoms with Crippen molar-refractivity contribution in [2.75, 3.05) is 0 Å². The molecule has 124 valence electrons. The van der Waals surface area contributed by atoms with E-state index in [1.807, 2.05) is 55.6 Å². The first-order valence-corrected chi connectivity index (χ1v) is 8.92. The zero-order chi connectivity index (χ0) is 17.4. The van der Waals surface area contributed by atoms with Gasteiger partial charge in [0.15, 0.2) is 5.65 Å². The van der Waals surface area contributed by atoms with E-state index in [2.05, 4.69) is 10.1 Å². The van der Waals surface area contributed by atoms with Crippen LogP contribution in [0, 0.1) is 13.8 Å². The number of rotatable bonds is 4. The van der Waals surface area contributed by atoms with Crippen LogP contribution in [0.2, 0.25) is 5.02 Å². The van der Waals surface area contributed by atoms with Gasteiger partial charge in [0, 0.05) is 16.3 Å². The smallest absolute Gasteiger partial charge is 0.164 e. The van der Waals surface area contributed by atoms with Gasteiger partial charge in [-0.2, -0.15) is 5.10 Å². The molecule has 2 heterocycles. The molecule has 3 rings (SSSR count). The number of aryl methyl sites for hydroxylation is 2. The minimum Gasteiger partial charge on any atom is -0.299 e. The van der Waals surface area contributed by atoms with Gasteiger partial charge in [0.1, 0.15) is 10.8 Å². The fourth-order valence-electron chi connectivity index (χ4n) is 2.51. The number of benzene rings is 1. The average Bonchev–Trinajstić information content (AvgIpc) is 2.84. The molecule has 0 aliphatic heterocycles. The van der Waals surface area contributed by atoms with Crippen LogP contribution in [0.5, 0.6) is 0 Å². The first-order chi connectivity index (χ1) is 11.4. The monoisotopic (exact) mass is 359 g/mol. The number of carbonyl (C=O) groups is 1.